The van der Waals surface area contributed by atoms with Crippen LogP contribution in [0.15, 0.2) is 29.8 Å². The molecule has 0 aromatic heterocycles. The van der Waals surface area contributed by atoms with Gasteiger partial charge >= 0.3 is 5.97 Å². The van der Waals surface area contributed by atoms with Gasteiger partial charge in [-0.1, -0.05) is 19.1 Å². The average Bonchev–Trinajstić information content (AvgIpc) is 2.66. The third-order valence-electron chi connectivity index (χ3n) is 4.79. The molecule has 0 radical (unpaired) electrons. The first-order valence-electron chi connectivity index (χ1n) is 9.20. The second kappa shape index (κ2) is 9.22. The number of nitrogens with zero attached hydrogens (tertiary/aromatic N) is 3. The molecule has 1 aliphatic heterocycles. The van der Waals surface area contributed by atoms with Gasteiger partial charge in [-0.3, -0.25) is 4.79 Å². The molecule has 1 saturated heterocycles. The Labute approximate surface area is 161 Å². The highest BCUT2D eigenvalue weighted by Gasteiger charge is 2.27. The van der Waals surface area contributed by atoms with Crippen molar-refractivity contribution in [3.05, 3.63) is 35.4 Å². The van der Waals surface area contributed by atoms with Crippen molar-refractivity contribution in [2.45, 2.75) is 32.8 Å². The Kier molecular flexibility index (Phi) is 7.00. The molecule has 1 fully saturated rings. The lowest BCUT2D eigenvalue weighted by Gasteiger charge is -2.31. The third-order valence-corrected chi connectivity index (χ3v) is 4.79. The molecule has 1 aromatic rings. The maximum atomic E-state index is 12.5. The largest absolute Gasteiger partial charge is 0.448 e. The fraction of sp³-hybridized carbons (Fsp3) is 0.476. The monoisotopic (exact) mass is 369 g/mol. The van der Waals surface area contributed by atoms with E-state index < -0.39 is 12.1 Å². The van der Waals surface area contributed by atoms with E-state index in [4.69, 9.17) is 4.74 Å². The van der Waals surface area contributed by atoms with Crippen LogP contribution >= 0.6 is 0 Å². The SMILES string of the molecule is CC1CCN(C(=O)[C@H](C)OC(=O)/C(C#N)=C/c2ccc(N(C)C)cc2)CC1. The van der Waals surface area contributed by atoms with Gasteiger partial charge in [-0.05, 0) is 49.5 Å². The van der Waals surface area contributed by atoms with E-state index in [0.717, 1.165) is 24.1 Å². The van der Waals surface area contributed by atoms with Crippen LogP contribution in [0.4, 0.5) is 5.69 Å². The Bertz CT molecular complexity index is 739. The van der Waals surface area contributed by atoms with Crippen LogP contribution in [0.2, 0.25) is 0 Å². The van der Waals surface area contributed by atoms with Gasteiger partial charge in [0.1, 0.15) is 11.6 Å². The van der Waals surface area contributed by atoms with Gasteiger partial charge in [-0.2, -0.15) is 5.26 Å². The lowest BCUT2D eigenvalue weighted by atomic mass is 9.99. The first-order chi connectivity index (χ1) is 12.8. The van der Waals surface area contributed by atoms with Crippen molar-refractivity contribution in [2.24, 2.45) is 5.92 Å². The molecule has 1 atom stereocenters. The highest BCUT2D eigenvalue weighted by Crippen LogP contribution is 2.18. The molecular weight excluding hydrogens is 342 g/mol. The maximum absolute atomic E-state index is 12.5. The Morgan fingerprint density at radius 2 is 1.85 bits per heavy atom. The predicted octanol–water partition coefficient (Wildman–Crippen LogP) is 2.85. The fourth-order valence-electron chi connectivity index (χ4n) is 2.93. The lowest BCUT2D eigenvalue weighted by Crippen LogP contribution is -2.44. The third kappa shape index (κ3) is 5.58. The van der Waals surface area contributed by atoms with Crippen LogP contribution in [0.3, 0.4) is 0 Å². The number of ether oxygens (including phenoxy) is 1. The number of hydrogen-bond donors (Lipinski definition) is 0. The number of rotatable bonds is 5. The molecule has 6 heteroatoms. The van der Waals surface area contributed by atoms with Crippen LogP contribution < -0.4 is 4.90 Å². The van der Waals surface area contributed by atoms with Gasteiger partial charge < -0.3 is 14.5 Å². The lowest BCUT2D eigenvalue weighted by molar-refractivity contribution is -0.156. The van der Waals surface area contributed by atoms with Crippen LogP contribution in [-0.4, -0.2) is 50.1 Å². The van der Waals surface area contributed by atoms with Crippen LogP contribution in [-0.2, 0) is 14.3 Å². The molecule has 1 aliphatic rings. The predicted molar refractivity (Wildman–Crippen MR) is 105 cm³/mol. The van der Waals surface area contributed by atoms with Crippen LogP contribution in [0, 0.1) is 17.2 Å². The van der Waals surface area contributed by atoms with Crippen LogP contribution in [0.5, 0.6) is 0 Å². The number of hydrogen-bond acceptors (Lipinski definition) is 5. The van der Waals surface area contributed by atoms with Crippen molar-refractivity contribution >= 4 is 23.6 Å². The molecule has 1 aromatic carbocycles. The van der Waals surface area contributed by atoms with Crippen LogP contribution in [0.25, 0.3) is 6.08 Å². The number of carbonyl (C=O) groups is 2. The van der Waals surface area contributed by atoms with Gasteiger partial charge in [0.2, 0.25) is 0 Å². The number of piperidine rings is 1. The summed E-state index contributed by atoms with van der Waals surface area (Å²) in [5.74, 6) is -0.373. The highest BCUT2D eigenvalue weighted by atomic mass is 16.5. The molecule has 1 heterocycles. The summed E-state index contributed by atoms with van der Waals surface area (Å²) in [6, 6.07) is 9.31. The van der Waals surface area contributed by atoms with Crippen LogP contribution in [0.1, 0.15) is 32.3 Å². The summed E-state index contributed by atoms with van der Waals surface area (Å²) < 4.78 is 5.25. The molecular formula is C21H27N3O3. The Morgan fingerprint density at radius 3 is 2.37 bits per heavy atom. The zero-order valence-electron chi connectivity index (χ0n) is 16.4. The Balaban J connectivity index is 2.01. The Hall–Kier alpha value is -2.81. The van der Waals surface area contributed by atoms with E-state index in [-0.39, 0.29) is 11.5 Å². The minimum Gasteiger partial charge on any atom is -0.448 e. The van der Waals surface area contributed by atoms with Gasteiger partial charge in [0.15, 0.2) is 6.10 Å². The van der Waals surface area contributed by atoms with Gasteiger partial charge in [-0.25, -0.2) is 4.79 Å². The summed E-state index contributed by atoms with van der Waals surface area (Å²) >= 11 is 0. The number of anilines is 1. The molecule has 6 nitrogen and oxygen atoms in total. The number of esters is 1. The van der Waals surface area contributed by atoms with Gasteiger partial charge in [0.05, 0.1) is 0 Å². The summed E-state index contributed by atoms with van der Waals surface area (Å²) in [5, 5.41) is 9.31. The van der Waals surface area contributed by atoms with Crippen molar-refractivity contribution in [3.63, 3.8) is 0 Å². The molecule has 0 spiro atoms. The minimum absolute atomic E-state index is 0.125. The summed E-state index contributed by atoms with van der Waals surface area (Å²) in [6.45, 7) is 5.08. The van der Waals surface area contributed by atoms with E-state index in [2.05, 4.69) is 6.92 Å². The molecule has 144 valence electrons. The first-order valence-corrected chi connectivity index (χ1v) is 9.20. The maximum Gasteiger partial charge on any atom is 0.349 e. The summed E-state index contributed by atoms with van der Waals surface area (Å²) in [6.07, 6.45) is 2.48. The zero-order chi connectivity index (χ0) is 20.0. The molecule has 27 heavy (non-hydrogen) atoms. The number of benzene rings is 1. The van der Waals surface area contributed by atoms with E-state index in [9.17, 15) is 14.9 Å². The van der Waals surface area contributed by atoms with E-state index >= 15 is 0 Å². The second-order valence-corrected chi connectivity index (χ2v) is 7.21. The van der Waals surface area contributed by atoms with Gasteiger partial charge in [0, 0.05) is 32.9 Å². The summed E-state index contributed by atoms with van der Waals surface area (Å²) in [7, 11) is 3.87. The van der Waals surface area contributed by atoms with Gasteiger partial charge in [-0.15, -0.1) is 0 Å². The smallest absolute Gasteiger partial charge is 0.349 e. The normalized spacial score (nSPS) is 16.4. The molecule has 0 saturated carbocycles. The molecule has 0 N–H and O–H groups in total. The summed E-state index contributed by atoms with van der Waals surface area (Å²) in [5.41, 5.74) is 1.61. The number of likely N-dealkylation sites (tertiary alicyclic amines) is 1. The number of amides is 1. The molecule has 0 bridgehead atoms. The minimum atomic E-state index is -0.904. The van der Waals surface area contributed by atoms with Crippen molar-refractivity contribution in [1.29, 1.82) is 5.26 Å². The van der Waals surface area contributed by atoms with E-state index in [0.29, 0.717) is 19.0 Å². The number of carbonyl (C=O) groups excluding carboxylic acids is 2. The molecule has 0 aliphatic carbocycles. The standard InChI is InChI=1S/C21H27N3O3/c1-15-9-11-24(12-10-15)20(25)16(2)27-21(26)18(14-22)13-17-5-7-19(8-6-17)23(3)4/h5-8,13,15-16H,9-12H2,1-4H3/b18-13+/t16-/m0/s1. The Morgan fingerprint density at radius 1 is 1.26 bits per heavy atom. The van der Waals surface area contributed by atoms with E-state index in [1.165, 1.54) is 6.08 Å². The molecule has 0 unspecified atom stereocenters. The quantitative estimate of drug-likeness (QED) is 0.453. The zero-order valence-corrected chi connectivity index (χ0v) is 16.4. The van der Waals surface area contributed by atoms with Crippen molar-refractivity contribution in [2.75, 3.05) is 32.1 Å². The number of nitriles is 1. The first kappa shape index (κ1) is 20.5. The fourth-order valence-corrected chi connectivity index (χ4v) is 2.93. The second-order valence-electron chi connectivity index (χ2n) is 7.21. The molecule has 1 amide bonds. The van der Waals surface area contributed by atoms with E-state index in [1.54, 1.807) is 11.8 Å². The van der Waals surface area contributed by atoms with Gasteiger partial charge in [0.25, 0.3) is 5.91 Å². The topological polar surface area (TPSA) is 73.6 Å². The average molecular weight is 369 g/mol. The highest BCUT2D eigenvalue weighted by molar-refractivity contribution is 5.99. The summed E-state index contributed by atoms with van der Waals surface area (Å²) in [4.78, 5) is 28.5. The van der Waals surface area contributed by atoms with Crippen molar-refractivity contribution < 1.29 is 14.3 Å². The molecule has 2 rings (SSSR count). The van der Waals surface area contributed by atoms with Crippen molar-refractivity contribution in [3.8, 4) is 6.07 Å². The van der Waals surface area contributed by atoms with Crippen molar-refractivity contribution in [1.82, 2.24) is 4.90 Å². The van der Waals surface area contributed by atoms with E-state index in [1.807, 2.05) is 49.3 Å².